The van der Waals surface area contributed by atoms with Gasteiger partial charge in [0.2, 0.25) is 0 Å². The number of hydrogen-bond donors (Lipinski definition) is 2. The fraction of sp³-hybridized carbons (Fsp3) is 0.526. The Hall–Kier alpha value is -2.17. The number of para-hydroxylation sites is 1. The van der Waals surface area contributed by atoms with E-state index in [2.05, 4.69) is 28.6 Å². The van der Waals surface area contributed by atoms with Gasteiger partial charge in [0.1, 0.15) is 5.76 Å². The second kappa shape index (κ2) is 7.60. The van der Waals surface area contributed by atoms with Crippen LogP contribution in [0, 0.1) is 5.92 Å². The first-order valence-electron chi connectivity index (χ1n) is 8.83. The Morgan fingerprint density at radius 2 is 2.25 bits per heavy atom. The van der Waals surface area contributed by atoms with Crippen LogP contribution in [-0.2, 0) is 0 Å². The molecule has 1 atom stereocenters. The van der Waals surface area contributed by atoms with E-state index < -0.39 is 0 Å². The van der Waals surface area contributed by atoms with Crippen LogP contribution in [0.4, 0.5) is 0 Å². The van der Waals surface area contributed by atoms with Gasteiger partial charge >= 0.3 is 0 Å². The maximum absolute atomic E-state index is 6.04. The standard InChI is InChI=1S/C19H27N3O2/c1-4-23-16-7-5-6-15-12-17(24-18(15)16)13(2)22-19(20-3)21-11-10-14-8-9-14/h5-7,12-14H,4,8-11H2,1-3H3,(H2,20,21,22). The summed E-state index contributed by atoms with van der Waals surface area (Å²) < 4.78 is 11.7. The van der Waals surface area contributed by atoms with Gasteiger partial charge in [0, 0.05) is 19.0 Å². The van der Waals surface area contributed by atoms with E-state index in [1.807, 2.05) is 25.1 Å². The van der Waals surface area contributed by atoms with Gasteiger partial charge in [0.15, 0.2) is 17.3 Å². The molecule has 1 unspecified atom stereocenters. The number of hydrogen-bond acceptors (Lipinski definition) is 3. The maximum atomic E-state index is 6.04. The minimum Gasteiger partial charge on any atom is -0.490 e. The Morgan fingerprint density at radius 3 is 2.96 bits per heavy atom. The molecule has 1 aromatic carbocycles. The fourth-order valence-corrected chi connectivity index (χ4v) is 2.81. The van der Waals surface area contributed by atoms with E-state index in [4.69, 9.17) is 9.15 Å². The third-order valence-electron chi connectivity index (χ3n) is 4.37. The van der Waals surface area contributed by atoms with E-state index in [1.165, 1.54) is 19.3 Å². The topological polar surface area (TPSA) is 58.8 Å². The molecular weight excluding hydrogens is 302 g/mol. The van der Waals surface area contributed by atoms with Gasteiger partial charge in [-0.05, 0) is 38.3 Å². The van der Waals surface area contributed by atoms with E-state index in [0.29, 0.717) is 6.61 Å². The van der Waals surface area contributed by atoms with Gasteiger partial charge in [-0.2, -0.15) is 0 Å². The van der Waals surface area contributed by atoms with Crippen LogP contribution in [0.1, 0.15) is 44.9 Å². The van der Waals surface area contributed by atoms with E-state index in [-0.39, 0.29) is 6.04 Å². The van der Waals surface area contributed by atoms with Crippen molar-refractivity contribution in [2.45, 2.75) is 39.2 Å². The highest BCUT2D eigenvalue weighted by Gasteiger charge is 2.20. The van der Waals surface area contributed by atoms with Crippen molar-refractivity contribution in [1.82, 2.24) is 10.6 Å². The summed E-state index contributed by atoms with van der Waals surface area (Å²) in [6, 6.07) is 8.06. The number of guanidine groups is 1. The van der Waals surface area contributed by atoms with Crippen molar-refractivity contribution in [3.05, 3.63) is 30.0 Å². The molecule has 1 aliphatic carbocycles. The molecule has 24 heavy (non-hydrogen) atoms. The van der Waals surface area contributed by atoms with Crippen LogP contribution < -0.4 is 15.4 Å². The number of aliphatic imine (C=N–C) groups is 1. The van der Waals surface area contributed by atoms with Gasteiger partial charge in [-0.1, -0.05) is 25.0 Å². The molecule has 1 fully saturated rings. The van der Waals surface area contributed by atoms with Gasteiger partial charge in [-0.25, -0.2) is 0 Å². The third-order valence-corrected chi connectivity index (χ3v) is 4.37. The van der Waals surface area contributed by atoms with Gasteiger partial charge in [-0.3, -0.25) is 4.99 Å². The van der Waals surface area contributed by atoms with E-state index in [9.17, 15) is 0 Å². The summed E-state index contributed by atoms with van der Waals surface area (Å²) >= 11 is 0. The predicted molar refractivity (Wildman–Crippen MR) is 97.6 cm³/mol. The summed E-state index contributed by atoms with van der Waals surface area (Å²) in [6.45, 7) is 5.64. The van der Waals surface area contributed by atoms with Crippen LogP contribution in [0.3, 0.4) is 0 Å². The summed E-state index contributed by atoms with van der Waals surface area (Å²) in [7, 11) is 1.80. The number of fused-ring (bicyclic) bond motifs is 1. The van der Waals surface area contributed by atoms with Crippen LogP contribution in [-0.4, -0.2) is 26.2 Å². The van der Waals surface area contributed by atoms with E-state index in [1.54, 1.807) is 7.05 Å². The predicted octanol–water partition coefficient (Wildman–Crippen LogP) is 3.86. The normalized spacial score (nSPS) is 16.2. The lowest BCUT2D eigenvalue weighted by atomic mass is 10.2. The second-order valence-electron chi connectivity index (χ2n) is 6.35. The smallest absolute Gasteiger partial charge is 0.191 e. The van der Waals surface area contributed by atoms with Gasteiger partial charge in [0.25, 0.3) is 0 Å². The molecule has 0 amide bonds. The van der Waals surface area contributed by atoms with Gasteiger partial charge in [-0.15, -0.1) is 0 Å². The van der Waals surface area contributed by atoms with Crippen molar-refractivity contribution in [1.29, 1.82) is 0 Å². The van der Waals surface area contributed by atoms with Crippen molar-refractivity contribution in [2.75, 3.05) is 20.2 Å². The summed E-state index contributed by atoms with van der Waals surface area (Å²) in [5.74, 6) is 3.40. The molecule has 2 aromatic rings. The van der Waals surface area contributed by atoms with Gasteiger partial charge < -0.3 is 19.8 Å². The first kappa shape index (κ1) is 16.7. The molecule has 0 radical (unpaired) electrons. The number of rotatable bonds is 7. The molecule has 0 bridgehead atoms. The van der Waals surface area contributed by atoms with Crippen LogP contribution >= 0.6 is 0 Å². The SMILES string of the molecule is CCOc1cccc2cc(C(C)NC(=NC)NCCC3CC3)oc12. The minimum absolute atomic E-state index is 0.0269. The third kappa shape index (κ3) is 4.02. The molecule has 3 rings (SSSR count). The summed E-state index contributed by atoms with van der Waals surface area (Å²) in [6.07, 6.45) is 3.98. The molecule has 5 heteroatoms. The lowest BCUT2D eigenvalue weighted by Gasteiger charge is -2.16. The van der Waals surface area contributed by atoms with Crippen LogP contribution in [0.15, 0.2) is 33.7 Å². The maximum Gasteiger partial charge on any atom is 0.191 e. The average molecular weight is 329 g/mol. The lowest BCUT2D eigenvalue weighted by Crippen LogP contribution is -2.39. The molecule has 1 aromatic heterocycles. The number of benzene rings is 1. The van der Waals surface area contributed by atoms with Crippen molar-refractivity contribution >= 4 is 16.9 Å². The monoisotopic (exact) mass is 329 g/mol. The molecule has 1 aliphatic rings. The van der Waals surface area contributed by atoms with Crippen molar-refractivity contribution in [3.63, 3.8) is 0 Å². The Bertz CT molecular complexity index is 704. The molecule has 1 heterocycles. The zero-order valence-electron chi connectivity index (χ0n) is 14.8. The van der Waals surface area contributed by atoms with Crippen LogP contribution in [0.5, 0.6) is 5.75 Å². The molecule has 5 nitrogen and oxygen atoms in total. The Morgan fingerprint density at radius 1 is 1.42 bits per heavy atom. The first-order chi connectivity index (χ1) is 11.7. The second-order valence-corrected chi connectivity index (χ2v) is 6.35. The fourth-order valence-electron chi connectivity index (χ4n) is 2.81. The highest BCUT2D eigenvalue weighted by molar-refractivity contribution is 5.84. The number of nitrogens with zero attached hydrogens (tertiary/aromatic N) is 1. The number of ether oxygens (including phenoxy) is 1. The molecule has 2 N–H and O–H groups in total. The Kier molecular flexibility index (Phi) is 5.28. The minimum atomic E-state index is 0.0269. The number of nitrogens with one attached hydrogen (secondary N) is 2. The van der Waals surface area contributed by atoms with Crippen LogP contribution in [0.25, 0.3) is 11.0 Å². The zero-order valence-corrected chi connectivity index (χ0v) is 14.8. The zero-order chi connectivity index (χ0) is 16.9. The highest BCUT2D eigenvalue weighted by atomic mass is 16.5. The van der Waals surface area contributed by atoms with E-state index in [0.717, 1.165) is 40.9 Å². The molecule has 1 saturated carbocycles. The van der Waals surface area contributed by atoms with Crippen molar-refractivity contribution < 1.29 is 9.15 Å². The molecule has 0 spiro atoms. The molecule has 0 saturated heterocycles. The van der Waals surface area contributed by atoms with Crippen molar-refractivity contribution in [3.8, 4) is 5.75 Å². The summed E-state index contributed by atoms with van der Waals surface area (Å²) in [5, 5.41) is 7.83. The molecule has 0 aliphatic heterocycles. The van der Waals surface area contributed by atoms with Crippen LogP contribution in [0.2, 0.25) is 0 Å². The lowest BCUT2D eigenvalue weighted by molar-refractivity contribution is 0.336. The Balaban J connectivity index is 1.65. The number of furan rings is 1. The van der Waals surface area contributed by atoms with Crippen molar-refractivity contribution in [2.24, 2.45) is 10.9 Å². The van der Waals surface area contributed by atoms with Gasteiger partial charge in [0.05, 0.1) is 12.6 Å². The van der Waals surface area contributed by atoms with E-state index >= 15 is 0 Å². The first-order valence-corrected chi connectivity index (χ1v) is 8.83. The Labute approximate surface area is 143 Å². The molecular formula is C19H27N3O2. The largest absolute Gasteiger partial charge is 0.490 e. The average Bonchev–Trinajstić information content (AvgIpc) is 3.29. The highest BCUT2D eigenvalue weighted by Crippen LogP contribution is 2.32. The summed E-state index contributed by atoms with van der Waals surface area (Å²) in [5.41, 5.74) is 0.805. The molecule has 130 valence electrons. The summed E-state index contributed by atoms with van der Waals surface area (Å²) in [4.78, 5) is 4.30. The quantitative estimate of drug-likeness (QED) is 0.598.